The van der Waals surface area contributed by atoms with Gasteiger partial charge in [-0.2, -0.15) is 0 Å². The molecule has 0 unspecified atom stereocenters. The molecule has 2 aromatic rings. The van der Waals surface area contributed by atoms with E-state index < -0.39 is 11.9 Å². The number of amides is 2. The Morgan fingerprint density at radius 1 is 1.00 bits per heavy atom. The second kappa shape index (κ2) is 8.01. The number of carbonyl (C=O) groups excluding carboxylic acids is 2. The molecule has 0 bridgehead atoms. The zero-order chi connectivity index (χ0) is 22.5. The second-order valence-electron chi connectivity index (χ2n) is 9.44. The number of aromatic nitrogens is 1. The Kier molecular flexibility index (Phi) is 4.96. The number of rotatable bonds is 5. The van der Waals surface area contributed by atoms with Gasteiger partial charge < -0.3 is 14.5 Å². The standard InChI is InChI=1S/C25H27FN4O3/c26-22-14-19(30-11-12-33-25(30)32)5-6-20(22)24(31)29-9-7-28(8-10-29)23-21(17-3-4-17)13-18(15-27-23)16-1-2-16/h5-6,13-17H,1-4,7-12H2. The van der Waals surface area contributed by atoms with Crippen LogP contribution in [0.4, 0.5) is 20.7 Å². The van der Waals surface area contributed by atoms with Crippen LogP contribution in [-0.2, 0) is 4.74 Å². The molecular formula is C25H27FN4O3. The van der Waals surface area contributed by atoms with Crippen molar-refractivity contribution in [2.45, 2.75) is 37.5 Å². The number of hydrogen-bond donors (Lipinski definition) is 0. The molecule has 0 spiro atoms. The molecule has 2 saturated carbocycles. The summed E-state index contributed by atoms with van der Waals surface area (Å²) < 4.78 is 19.7. The number of carbonyl (C=O) groups is 2. The number of hydrogen-bond acceptors (Lipinski definition) is 5. The molecule has 4 fully saturated rings. The third kappa shape index (κ3) is 3.92. The lowest BCUT2D eigenvalue weighted by atomic mass is 10.1. The number of pyridine rings is 1. The highest BCUT2D eigenvalue weighted by Gasteiger charge is 2.33. The van der Waals surface area contributed by atoms with Gasteiger partial charge in [0.25, 0.3) is 5.91 Å². The van der Waals surface area contributed by atoms with Crippen molar-refractivity contribution in [1.29, 1.82) is 0 Å². The predicted molar refractivity (Wildman–Crippen MR) is 121 cm³/mol. The van der Waals surface area contributed by atoms with E-state index in [9.17, 15) is 14.0 Å². The first-order valence-corrected chi connectivity index (χ1v) is 11.9. The van der Waals surface area contributed by atoms with E-state index in [4.69, 9.17) is 9.72 Å². The molecule has 33 heavy (non-hydrogen) atoms. The van der Waals surface area contributed by atoms with E-state index >= 15 is 0 Å². The highest BCUT2D eigenvalue weighted by atomic mass is 19.1. The molecule has 2 saturated heterocycles. The normalized spacial score (nSPS) is 20.9. The summed E-state index contributed by atoms with van der Waals surface area (Å²) in [4.78, 5) is 34.9. The maximum Gasteiger partial charge on any atom is 0.414 e. The third-order valence-electron chi connectivity index (χ3n) is 7.10. The van der Waals surface area contributed by atoms with E-state index in [0.29, 0.717) is 50.2 Å². The Morgan fingerprint density at radius 3 is 2.39 bits per heavy atom. The predicted octanol–water partition coefficient (Wildman–Crippen LogP) is 3.89. The van der Waals surface area contributed by atoms with Gasteiger partial charge in [0, 0.05) is 32.4 Å². The number of halogens is 1. The highest BCUT2D eigenvalue weighted by Crippen LogP contribution is 2.47. The molecule has 172 valence electrons. The van der Waals surface area contributed by atoms with Gasteiger partial charge in [0.2, 0.25) is 0 Å². The van der Waals surface area contributed by atoms with E-state index in [2.05, 4.69) is 11.0 Å². The first kappa shape index (κ1) is 20.4. The van der Waals surface area contributed by atoms with Crippen LogP contribution in [-0.4, -0.2) is 61.2 Å². The van der Waals surface area contributed by atoms with Crippen LogP contribution in [0, 0.1) is 5.82 Å². The fraction of sp³-hybridized carbons (Fsp3) is 0.480. The van der Waals surface area contributed by atoms with Crippen molar-refractivity contribution in [2.24, 2.45) is 0 Å². The lowest BCUT2D eigenvalue weighted by molar-refractivity contribution is 0.0741. The quantitative estimate of drug-likeness (QED) is 0.692. The molecule has 6 rings (SSSR count). The first-order chi connectivity index (χ1) is 16.1. The Hall–Kier alpha value is -3.16. The van der Waals surface area contributed by atoms with Crippen LogP contribution in [0.1, 0.15) is 59.0 Å². The van der Waals surface area contributed by atoms with Crippen LogP contribution in [0.3, 0.4) is 0 Å². The number of cyclic esters (lactones) is 1. The molecular weight excluding hydrogens is 423 g/mol. The van der Waals surface area contributed by atoms with E-state index in [1.165, 1.54) is 53.8 Å². The topological polar surface area (TPSA) is 66.0 Å². The maximum absolute atomic E-state index is 14.8. The SMILES string of the molecule is O=C(c1ccc(N2CCOC2=O)cc1F)N1CCN(c2ncc(C3CC3)cc2C2CC2)CC1. The molecule has 4 aliphatic rings. The lowest BCUT2D eigenvalue weighted by Gasteiger charge is -2.36. The molecule has 7 nitrogen and oxygen atoms in total. The highest BCUT2D eigenvalue weighted by molar-refractivity contribution is 5.96. The minimum atomic E-state index is -0.618. The molecule has 0 N–H and O–H groups in total. The second-order valence-corrected chi connectivity index (χ2v) is 9.44. The number of nitrogens with zero attached hydrogens (tertiary/aromatic N) is 4. The summed E-state index contributed by atoms with van der Waals surface area (Å²) in [7, 11) is 0. The van der Waals surface area contributed by atoms with Gasteiger partial charge in [0.15, 0.2) is 0 Å². The molecule has 3 heterocycles. The van der Waals surface area contributed by atoms with Gasteiger partial charge in [-0.25, -0.2) is 14.2 Å². The van der Waals surface area contributed by atoms with Gasteiger partial charge in [-0.05, 0) is 66.8 Å². The van der Waals surface area contributed by atoms with E-state index in [0.717, 1.165) is 5.82 Å². The smallest absolute Gasteiger partial charge is 0.414 e. The fourth-order valence-electron chi connectivity index (χ4n) is 4.86. The van der Waals surface area contributed by atoms with Crippen LogP contribution >= 0.6 is 0 Å². The average Bonchev–Trinajstić information content (AvgIpc) is 3.76. The van der Waals surface area contributed by atoms with Crippen LogP contribution < -0.4 is 9.80 Å². The fourth-order valence-corrected chi connectivity index (χ4v) is 4.86. The average molecular weight is 451 g/mol. The summed E-state index contributed by atoms with van der Waals surface area (Å²) in [5.74, 6) is 1.43. The van der Waals surface area contributed by atoms with Crippen molar-refractivity contribution >= 4 is 23.5 Å². The van der Waals surface area contributed by atoms with Crippen molar-refractivity contribution in [3.63, 3.8) is 0 Å². The minimum absolute atomic E-state index is 0.0327. The summed E-state index contributed by atoms with van der Waals surface area (Å²) in [6.45, 7) is 3.07. The minimum Gasteiger partial charge on any atom is -0.447 e. The maximum atomic E-state index is 14.8. The van der Waals surface area contributed by atoms with Gasteiger partial charge in [0.05, 0.1) is 17.8 Å². The molecule has 2 aliphatic carbocycles. The van der Waals surface area contributed by atoms with Gasteiger partial charge in [-0.15, -0.1) is 0 Å². The van der Waals surface area contributed by atoms with Crippen molar-refractivity contribution < 1.29 is 18.7 Å². The zero-order valence-corrected chi connectivity index (χ0v) is 18.5. The number of anilines is 2. The molecule has 8 heteroatoms. The lowest BCUT2D eigenvalue weighted by Crippen LogP contribution is -2.49. The Morgan fingerprint density at radius 2 is 1.76 bits per heavy atom. The zero-order valence-electron chi connectivity index (χ0n) is 18.5. The Labute approximate surface area is 192 Å². The number of ether oxygens (including phenoxy) is 1. The van der Waals surface area contributed by atoms with E-state index in [-0.39, 0.29) is 18.1 Å². The molecule has 2 amide bonds. The summed E-state index contributed by atoms with van der Waals surface area (Å²) in [6, 6.07) is 6.67. The number of benzene rings is 1. The Balaban J connectivity index is 1.14. The molecule has 0 radical (unpaired) electrons. The van der Waals surface area contributed by atoms with Crippen molar-refractivity contribution in [2.75, 3.05) is 49.1 Å². The third-order valence-corrected chi connectivity index (χ3v) is 7.10. The Bertz CT molecular complexity index is 1110. The molecule has 1 aromatic carbocycles. The van der Waals surface area contributed by atoms with Crippen LogP contribution in [0.2, 0.25) is 0 Å². The summed E-state index contributed by atoms with van der Waals surface area (Å²) in [6.07, 6.45) is 6.53. The van der Waals surface area contributed by atoms with E-state index in [1.807, 2.05) is 6.20 Å². The molecule has 2 aliphatic heterocycles. The van der Waals surface area contributed by atoms with Gasteiger partial charge in [-0.1, -0.05) is 6.07 Å². The summed E-state index contributed by atoms with van der Waals surface area (Å²) in [5, 5.41) is 0. The van der Waals surface area contributed by atoms with Crippen molar-refractivity contribution in [3.8, 4) is 0 Å². The van der Waals surface area contributed by atoms with Crippen LogP contribution in [0.25, 0.3) is 0 Å². The van der Waals surface area contributed by atoms with Crippen LogP contribution in [0.5, 0.6) is 0 Å². The van der Waals surface area contributed by atoms with Crippen molar-refractivity contribution in [1.82, 2.24) is 9.88 Å². The van der Waals surface area contributed by atoms with Gasteiger partial charge in [0.1, 0.15) is 18.2 Å². The first-order valence-electron chi connectivity index (χ1n) is 11.9. The summed E-state index contributed by atoms with van der Waals surface area (Å²) in [5.41, 5.74) is 3.17. The molecule has 0 atom stereocenters. The van der Waals surface area contributed by atoms with Crippen molar-refractivity contribution in [3.05, 3.63) is 53.0 Å². The van der Waals surface area contributed by atoms with Crippen LogP contribution in [0.15, 0.2) is 30.5 Å². The van der Waals surface area contributed by atoms with E-state index in [1.54, 1.807) is 11.0 Å². The monoisotopic (exact) mass is 450 g/mol. The van der Waals surface area contributed by atoms with Gasteiger partial charge >= 0.3 is 6.09 Å². The number of piperazine rings is 1. The molecule has 1 aromatic heterocycles. The van der Waals surface area contributed by atoms with Gasteiger partial charge in [-0.3, -0.25) is 9.69 Å². The summed E-state index contributed by atoms with van der Waals surface area (Å²) >= 11 is 0. The largest absolute Gasteiger partial charge is 0.447 e.